The number of pyridine rings is 1. The van der Waals surface area contributed by atoms with Gasteiger partial charge >= 0.3 is 0 Å². The zero-order valence-electron chi connectivity index (χ0n) is 11.2. The highest BCUT2D eigenvalue weighted by Gasteiger charge is 2.15. The van der Waals surface area contributed by atoms with Gasteiger partial charge in [-0.05, 0) is 31.4 Å². The van der Waals surface area contributed by atoms with Crippen LogP contribution < -0.4 is 4.90 Å². The summed E-state index contributed by atoms with van der Waals surface area (Å²) in [4.78, 5) is 15.3. The summed E-state index contributed by atoms with van der Waals surface area (Å²) in [6.07, 6.45) is 5.31. The van der Waals surface area contributed by atoms with E-state index >= 15 is 0 Å². The van der Waals surface area contributed by atoms with Crippen molar-refractivity contribution in [3.8, 4) is 17.6 Å². The van der Waals surface area contributed by atoms with Crippen LogP contribution in [0.5, 0.6) is 0 Å². The van der Waals surface area contributed by atoms with Crippen molar-refractivity contribution in [2.75, 3.05) is 18.0 Å². The molecule has 0 N–H and O–H groups in total. The molecule has 0 unspecified atom stereocenters. The van der Waals surface area contributed by atoms with Crippen molar-refractivity contribution in [3.63, 3.8) is 0 Å². The van der Waals surface area contributed by atoms with Crippen LogP contribution in [0.3, 0.4) is 0 Å². The Morgan fingerprint density at radius 1 is 1.10 bits per heavy atom. The molecule has 1 aliphatic rings. The first-order valence-electron chi connectivity index (χ1n) is 6.82. The van der Waals surface area contributed by atoms with Crippen LogP contribution in [-0.4, -0.2) is 28.0 Å². The van der Waals surface area contributed by atoms with Crippen LogP contribution in [0.25, 0.3) is 11.5 Å². The molecule has 3 heterocycles. The highest BCUT2D eigenvalue weighted by Crippen LogP contribution is 2.21. The first kappa shape index (κ1) is 12.5. The van der Waals surface area contributed by atoms with Gasteiger partial charge in [0.05, 0.1) is 0 Å². The second-order valence-corrected chi connectivity index (χ2v) is 4.81. The Kier molecular flexibility index (Phi) is 3.55. The van der Waals surface area contributed by atoms with Crippen molar-refractivity contribution in [2.24, 2.45) is 0 Å². The Morgan fingerprint density at radius 3 is 2.65 bits per heavy atom. The Bertz CT molecular complexity index is 626. The lowest BCUT2D eigenvalue weighted by atomic mass is 10.1. The molecule has 2 aromatic heterocycles. The van der Waals surface area contributed by atoms with Gasteiger partial charge < -0.3 is 4.90 Å². The molecule has 0 aliphatic carbocycles. The average Bonchev–Trinajstić information content (AvgIpc) is 2.56. The van der Waals surface area contributed by atoms with E-state index < -0.39 is 0 Å². The molecule has 0 atom stereocenters. The number of nitriles is 1. The number of hydrogen-bond acceptors (Lipinski definition) is 5. The number of aromatic nitrogens is 3. The summed E-state index contributed by atoms with van der Waals surface area (Å²) in [5.41, 5.74) is 1.09. The molecule has 0 amide bonds. The van der Waals surface area contributed by atoms with Gasteiger partial charge in [0.15, 0.2) is 5.82 Å². The minimum atomic E-state index is 0.390. The largest absolute Gasteiger partial charge is 0.356 e. The number of rotatable bonds is 2. The molecule has 0 saturated carbocycles. The van der Waals surface area contributed by atoms with Crippen LogP contribution in [0, 0.1) is 11.3 Å². The van der Waals surface area contributed by atoms with Crippen LogP contribution in [0.1, 0.15) is 25.0 Å². The first-order chi connectivity index (χ1) is 9.86. The molecule has 1 saturated heterocycles. The van der Waals surface area contributed by atoms with Gasteiger partial charge in [-0.25, -0.2) is 9.97 Å². The molecule has 20 heavy (non-hydrogen) atoms. The van der Waals surface area contributed by atoms with E-state index in [-0.39, 0.29) is 0 Å². The van der Waals surface area contributed by atoms with E-state index in [1.807, 2.05) is 18.2 Å². The normalized spacial score (nSPS) is 14.8. The third-order valence-electron chi connectivity index (χ3n) is 3.40. The maximum Gasteiger partial charge on any atom is 0.181 e. The predicted octanol–water partition coefficient (Wildman–Crippen LogP) is 2.40. The van der Waals surface area contributed by atoms with Crippen molar-refractivity contribution in [1.29, 1.82) is 5.26 Å². The van der Waals surface area contributed by atoms with Crippen molar-refractivity contribution >= 4 is 5.82 Å². The monoisotopic (exact) mass is 265 g/mol. The second-order valence-electron chi connectivity index (χ2n) is 4.81. The van der Waals surface area contributed by atoms with Crippen molar-refractivity contribution < 1.29 is 0 Å². The minimum absolute atomic E-state index is 0.390. The fraction of sp³-hybridized carbons (Fsp3) is 0.333. The SMILES string of the molecule is N#Cc1cc(N2CCCCC2)nc(-c2ccccn2)n1. The van der Waals surface area contributed by atoms with E-state index in [0.29, 0.717) is 17.2 Å². The molecule has 1 fully saturated rings. The summed E-state index contributed by atoms with van der Waals surface area (Å²) < 4.78 is 0. The van der Waals surface area contributed by atoms with Crippen molar-refractivity contribution in [3.05, 3.63) is 36.2 Å². The van der Waals surface area contributed by atoms with Crippen LogP contribution in [0.15, 0.2) is 30.5 Å². The van der Waals surface area contributed by atoms with Crippen LogP contribution in [0.2, 0.25) is 0 Å². The van der Waals surface area contributed by atoms with E-state index in [1.54, 1.807) is 12.3 Å². The van der Waals surface area contributed by atoms with Gasteiger partial charge in [0, 0.05) is 25.4 Å². The Balaban J connectivity index is 2.01. The van der Waals surface area contributed by atoms with Gasteiger partial charge in [-0.2, -0.15) is 5.26 Å². The molecule has 2 aromatic rings. The predicted molar refractivity (Wildman–Crippen MR) is 76.0 cm³/mol. The van der Waals surface area contributed by atoms with E-state index in [2.05, 4.69) is 25.9 Å². The maximum atomic E-state index is 9.15. The molecule has 100 valence electrons. The third-order valence-corrected chi connectivity index (χ3v) is 3.40. The van der Waals surface area contributed by atoms with Gasteiger partial charge in [0.1, 0.15) is 23.3 Å². The zero-order valence-corrected chi connectivity index (χ0v) is 11.2. The Hall–Kier alpha value is -2.48. The smallest absolute Gasteiger partial charge is 0.181 e. The van der Waals surface area contributed by atoms with Gasteiger partial charge in [-0.1, -0.05) is 6.07 Å². The first-order valence-corrected chi connectivity index (χ1v) is 6.82. The van der Waals surface area contributed by atoms with Crippen molar-refractivity contribution in [2.45, 2.75) is 19.3 Å². The fourth-order valence-corrected chi connectivity index (χ4v) is 2.39. The average molecular weight is 265 g/mol. The minimum Gasteiger partial charge on any atom is -0.356 e. The summed E-state index contributed by atoms with van der Waals surface area (Å²) in [5.74, 6) is 1.35. The summed E-state index contributed by atoms with van der Waals surface area (Å²) in [5, 5.41) is 9.15. The highest BCUT2D eigenvalue weighted by molar-refractivity contribution is 5.55. The van der Waals surface area contributed by atoms with E-state index in [0.717, 1.165) is 18.9 Å². The lowest BCUT2D eigenvalue weighted by molar-refractivity contribution is 0.573. The summed E-state index contributed by atoms with van der Waals surface area (Å²) in [6, 6.07) is 9.47. The third kappa shape index (κ3) is 2.59. The quantitative estimate of drug-likeness (QED) is 0.834. The standard InChI is InChI=1S/C15H15N5/c16-11-12-10-14(20-8-4-1-5-9-20)19-15(18-12)13-6-2-3-7-17-13/h2-3,6-7,10H,1,4-5,8-9H2. The van der Waals surface area contributed by atoms with E-state index in [9.17, 15) is 0 Å². The van der Waals surface area contributed by atoms with E-state index in [4.69, 9.17) is 5.26 Å². The zero-order chi connectivity index (χ0) is 13.8. The molecule has 0 spiro atoms. The molecule has 0 aromatic carbocycles. The van der Waals surface area contributed by atoms with E-state index in [1.165, 1.54) is 19.3 Å². The maximum absolute atomic E-state index is 9.15. The Morgan fingerprint density at radius 2 is 1.95 bits per heavy atom. The number of nitrogens with zero attached hydrogens (tertiary/aromatic N) is 5. The fourth-order valence-electron chi connectivity index (χ4n) is 2.39. The topological polar surface area (TPSA) is 65.7 Å². The second kappa shape index (κ2) is 5.66. The van der Waals surface area contributed by atoms with Gasteiger partial charge in [0.25, 0.3) is 0 Å². The lowest BCUT2D eigenvalue weighted by Crippen LogP contribution is -2.30. The van der Waals surface area contributed by atoms with Crippen LogP contribution in [0.4, 0.5) is 5.82 Å². The lowest BCUT2D eigenvalue weighted by Gasteiger charge is -2.27. The molecule has 3 rings (SSSR count). The molecule has 0 radical (unpaired) electrons. The molecular formula is C15H15N5. The highest BCUT2D eigenvalue weighted by atomic mass is 15.2. The van der Waals surface area contributed by atoms with Crippen molar-refractivity contribution in [1.82, 2.24) is 15.0 Å². The van der Waals surface area contributed by atoms with Gasteiger partial charge in [-0.3, -0.25) is 4.98 Å². The molecule has 5 heteroatoms. The van der Waals surface area contributed by atoms with Crippen LogP contribution in [-0.2, 0) is 0 Å². The summed E-state index contributed by atoms with van der Waals surface area (Å²) in [7, 11) is 0. The molecule has 5 nitrogen and oxygen atoms in total. The molecular weight excluding hydrogens is 250 g/mol. The molecule has 0 bridgehead atoms. The van der Waals surface area contributed by atoms with Gasteiger partial charge in [0.2, 0.25) is 0 Å². The van der Waals surface area contributed by atoms with Crippen LogP contribution >= 0.6 is 0 Å². The number of hydrogen-bond donors (Lipinski definition) is 0. The Labute approximate surface area is 117 Å². The number of anilines is 1. The molecule has 1 aliphatic heterocycles. The summed E-state index contributed by atoms with van der Waals surface area (Å²) >= 11 is 0. The van der Waals surface area contributed by atoms with Gasteiger partial charge in [-0.15, -0.1) is 0 Å². The summed E-state index contributed by atoms with van der Waals surface area (Å²) in [6.45, 7) is 1.98. The number of piperidine rings is 1.